The van der Waals surface area contributed by atoms with Crippen LogP contribution in [0.25, 0.3) is 17.0 Å². The fourth-order valence-corrected chi connectivity index (χ4v) is 5.33. The summed E-state index contributed by atoms with van der Waals surface area (Å²) in [6, 6.07) is 11.4. The highest BCUT2D eigenvalue weighted by Gasteiger charge is 2.29. The number of hydrogen-bond donors (Lipinski definition) is 4. The van der Waals surface area contributed by atoms with Crippen molar-refractivity contribution in [1.82, 2.24) is 20.3 Å². The van der Waals surface area contributed by atoms with Gasteiger partial charge in [-0.25, -0.2) is 9.87 Å². The minimum absolute atomic E-state index is 0.239. The molecule has 1 aliphatic rings. The topological polar surface area (TPSA) is 84.2 Å². The number of halogens is 2. The van der Waals surface area contributed by atoms with Gasteiger partial charge in [-0.05, 0) is 78.3 Å². The normalized spacial score (nSPS) is 15.3. The molecule has 6 nitrogen and oxygen atoms in total. The molecule has 8 heteroatoms. The molecule has 1 atom stereocenters. The number of rotatable bonds is 8. The highest BCUT2D eigenvalue weighted by atomic mass is 35.5. The summed E-state index contributed by atoms with van der Waals surface area (Å²) in [5, 5.41) is 10.5. The van der Waals surface area contributed by atoms with Gasteiger partial charge in [0.1, 0.15) is 5.82 Å². The zero-order chi connectivity index (χ0) is 25.2. The summed E-state index contributed by atoms with van der Waals surface area (Å²) in [5.74, 6) is -0.801. The van der Waals surface area contributed by atoms with Crippen LogP contribution in [0.2, 0.25) is 5.02 Å². The maximum atomic E-state index is 13.6. The second-order valence-electron chi connectivity index (χ2n) is 9.29. The van der Waals surface area contributed by atoms with Crippen molar-refractivity contribution in [2.45, 2.75) is 38.8 Å². The van der Waals surface area contributed by atoms with Crippen molar-refractivity contribution in [1.29, 1.82) is 0 Å². The molecule has 2 aromatic carbocycles. The summed E-state index contributed by atoms with van der Waals surface area (Å²) in [6.07, 6.45) is 9.58. The van der Waals surface area contributed by atoms with Crippen molar-refractivity contribution >= 4 is 34.5 Å². The van der Waals surface area contributed by atoms with Crippen LogP contribution in [0.5, 0.6) is 0 Å². The predicted octanol–water partition coefficient (Wildman–Crippen LogP) is 5.85. The molecule has 0 aliphatic heterocycles. The SMILES string of the molecule is Cc1c(Cl)c[nH]c1CN(CCc1c[nH]c2cc(F)ccc12)C1CCc2cc(/C=C/C(=O)NO)ccc21. The number of fused-ring (bicyclic) bond motifs is 2. The van der Waals surface area contributed by atoms with Gasteiger partial charge in [-0.2, -0.15) is 0 Å². The van der Waals surface area contributed by atoms with Gasteiger partial charge < -0.3 is 9.97 Å². The first-order chi connectivity index (χ1) is 17.4. The molecule has 0 saturated carbocycles. The van der Waals surface area contributed by atoms with Gasteiger partial charge in [-0.3, -0.25) is 14.9 Å². The zero-order valence-electron chi connectivity index (χ0n) is 19.9. The lowest BCUT2D eigenvalue weighted by Crippen LogP contribution is -2.29. The number of carbonyl (C=O) groups is 1. The minimum Gasteiger partial charge on any atom is -0.362 e. The Bertz CT molecular complexity index is 1440. The number of aromatic nitrogens is 2. The summed E-state index contributed by atoms with van der Waals surface area (Å²) in [7, 11) is 0. The molecule has 0 bridgehead atoms. The molecule has 1 unspecified atom stereocenters. The standard InChI is InChI=1S/C28H28ClFN4O2/c1-17-24(29)15-32-26(17)16-34(11-10-20-14-31-25-13-21(30)5-7-22(20)25)27-8-4-19-12-18(2-6-23(19)27)3-9-28(35)33-36/h2-3,5-7,9,12-15,27,31-32,36H,4,8,10-11,16H2,1H3,(H,33,35)/b9-3+. The van der Waals surface area contributed by atoms with E-state index in [1.165, 1.54) is 29.3 Å². The highest BCUT2D eigenvalue weighted by molar-refractivity contribution is 6.31. The lowest BCUT2D eigenvalue weighted by atomic mass is 10.0. The summed E-state index contributed by atoms with van der Waals surface area (Å²) >= 11 is 6.33. The van der Waals surface area contributed by atoms with Gasteiger partial charge in [0.05, 0.1) is 5.02 Å². The largest absolute Gasteiger partial charge is 0.362 e. The van der Waals surface area contributed by atoms with E-state index < -0.39 is 5.91 Å². The molecule has 2 heterocycles. The van der Waals surface area contributed by atoms with Crippen LogP contribution in [0, 0.1) is 12.7 Å². The summed E-state index contributed by atoms with van der Waals surface area (Å²) in [4.78, 5) is 20.4. The molecule has 36 heavy (non-hydrogen) atoms. The molecular formula is C28H28ClFN4O2. The van der Waals surface area contributed by atoms with Gasteiger partial charge in [0.2, 0.25) is 0 Å². The van der Waals surface area contributed by atoms with Gasteiger partial charge in [-0.1, -0.05) is 29.8 Å². The molecular weight excluding hydrogens is 479 g/mol. The fraction of sp³-hybridized carbons (Fsp3) is 0.250. The van der Waals surface area contributed by atoms with E-state index in [1.54, 1.807) is 11.6 Å². The van der Waals surface area contributed by atoms with E-state index in [9.17, 15) is 9.18 Å². The van der Waals surface area contributed by atoms with E-state index in [1.807, 2.05) is 31.5 Å². The maximum Gasteiger partial charge on any atom is 0.267 e. The number of benzene rings is 2. The number of H-pyrrole nitrogens is 2. The molecule has 4 N–H and O–H groups in total. The van der Waals surface area contributed by atoms with Crippen molar-refractivity contribution in [3.63, 3.8) is 0 Å². The predicted molar refractivity (Wildman–Crippen MR) is 139 cm³/mol. The number of nitrogens with one attached hydrogen (secondary N) is 3. The molecule has 0 saturated heterocycles. The number of hydrogen-bond acceptors (Lipinski definition) is 3. The van der Waals surface area contributed by atoms with Crippen molar-refractivity contribution in [2.75, 3.05) is 6.54 Å². The molecule has 186 valence electrons. The van der Waals surface area contributed by atoms with Crippen molar-refractivity contribution < 1.29 is 14.4 Å². The van der Waals surface area contributed by atoms with Crippen molar-refractivity contribution in [3.8, 4) is 0 Å². The van der Waals surface area contributed by atoms with Crippen LogP contribution >= 0.6 is 11.6 Å². The van der Waals surface area contributed by atoms with E-state index in [4.69, 9.17) is 16.8 Å². The van der Waals surface area contributed by atoms with Crippen LogP contribution in [-0.4, -0.2) is 32.5 Å². The van der Waals surface area contributed by atoms with Gasteiger partial charge >= 0.3 is 0 Å². The Kier molecular flexibility index (Phi) is 6.96. The van der Waals surface area contributed by atoms with Gasteiger partial charge in [-0.15, -0.1) is 0 Å². The Hall–Kier alpha value is -3.39. The number of aromatic amines is 2. The first-order valence-electron chi connectivity index (χ1n) is 12.0. The molecule has 1 amide bonds. The Morgan fingerprint density at radius 1 is 1.25 bits per heavy atom. The lowest BCUT2D eigenvalue weighted by molar-refractivity contribution is -0.124. The zero-order valence-corrected chi connectivity index (χ0v) is 20.7. The average Bonchev–Trinajstić information content (AvgIpc) is 3.57. The van der Waals surface area contributed by atoms with Crippen LogP contribution in [-0.2, 0) is 24.2 Å². The summed E-state index contributed by atoms with van der Waals surface area (Å²) in [6.45, 7) is 3.59. The number of nitrogens with zero attached hydrogens (tertiary/aromatic N) is 1. The van der Waals surface area contributed by atoms with E-state index in [2.05, 4.69) is 27.0 Å². The van der Waals surface area contributed by atoms with E-state index in [-0.39, 0.29) is 11.9 Å². The van der Waals surface area contributed by atoms with Crippen LogP contribution in [0.1, 0.15) is 46.0 Å². The highest BCUT2D eigenvalue weighted by Crippen LogP contribution is 2.38. The number of aryl methyl sites for hydroxylation is 1. The van der Waals surface area contributed by atoms with Crippen molar-refractivity contribution in [3.05, 3.63) is 99.2 Å². The molecule has 0 fully saturated rings. The third-order valence-electron chi connectivity index (χ3n) is 7.13. The Morgan fingerprint density at radius 3 is 2.89 bits per heavy atom. The fourth-order valence-electron chi connectivity index (χ4n) is 5.16. The number of carbonyl (C=O) groups excluding carboxylic acids is 1. The third kappa shape index (κ3) is 4.95. The third-order valence-corrected chi connectivity index (χ3v) is 7.53. The Labute approximate surface area is 213 Å². The first-order valence-corrected chi connectivity index (χ1v) is 12.4. The number of amides is 1. The number of hydroxylamine groups is 1. The van der Waals surface area contributed by atoms with E-state index >= 15 is 0 Å². The van der Waals surface area contributed by atoms with Gasteiger partial charge in [0, 0.05) is 54.2 Å². The molecule has 0 radical (unpaired) electrons. The molecule has 4 aromatic rings. The summed E-state index contributed by atoms with van der Waals surface area (Å²) in [5.41, 5.74) is 9.22. The van der Waals surface area contributed by atoms with Gasteiger partial charge in [0.25, 0.3) is 5.91 Å². The van der Waals surface area contributed by atoms with E-state index in [0.29, 0.717) is 0 Å². The van der Waals surface area contributed by atoms with Crippen LogP contribution < -0.4 is 5.48 Å². The molecule has 1 aliphatic carbocycles. The second-order valence-corrected chi connectivity index (χ2v) is 9.69. The van der Waals surface area contributed by atoms with Crippen molar-refractivity contribution in [2.24, 2.45) is 0 Å². The molecule has 0 spiro atoms. The van der Waals surface area contributed by atoms with Gasteiger partial charge in [0.15, 0.2) is 0 Å². The first kappa shape index (κ1) is 24.3. The summed E-state index contributed by atoms with van der Waals surface area (Å²) < 4.78 is 13.6. The smallest absolute Gasteiger partial charge is 0.267 e. The second kappa shape index (κ2) is 10.3. The minimum atomic E-state index is -0.556. The lowest BCUT2D eigenvalue weighted by Gasteiger charge is -2.30. The van der Waals surface area contributed by atoms with Crippen LogP contribution in [0.3, 0.4) is 0 Å². The maximum absolute atomic E-state index is 13.6. The molecule has 2 aromatic heterocycles. The monoisotopic (exact) mass is 506 g/mol. The Morgan fingerprint density at radius 2 is 2.11 bits per heavy atom. The van der Waals surface area contributed by atoms with Crippen LogP contribution in [0.4, 0.5) is 4.39 Å². The quantitative estimate of drug-likeness (QED) is 0.137. The molecule has 5 rings (SSSR count). The Balaban J connectivity index is 1.41. The average molecular weight is 507 g/mol. The van der Waals surface area contributed by atoms with E-state index in [0.717, 1.165) is 70.7 Å². The van der Waals surface area contributed by atoms with Crippen LogP contribution in [0.15, 0.2) is 54.9 Å².